The lowest BCUT2D eigenvalue weighted by Gasteiger charge is -2.36. The van der Waals surface area contributed by atoms with Crippen molar-refractivity contribution in [2.75, 3.05) is 22.8 Å². The monoisotopic (exact) mass is 494 g/mol. The molecule has 3 aromatic rings. The van der Waals surface area contributed by atoms with Crippen LogP contribution in [0, 0.1) is 0 Å². The van der Waals surface area contributed by atoms with Crippen LogP contribution in [-0.4, -0.2) is 33.6 Å². The van der Waals surface area contributed by atoms with Crippen LogP contribution in [0.3, 0.4) is 0 Å². The van der Waals surface area contributed by atoms with Gasteiger partial charge in [-0.3, -0.25) is 9.10 Å². The Hall–Kier alpha value is -3.52. The second kappa shape index (κ2) is 9.62. The summed E-state index contributed by atoms with van der Waals surface area (Å²) >= 11 is 0. The molecule has 8 heteroatoms. The van der Waals surface area contributed by atoms with E-state index in [-0.39, 0.29) is 16.9 Å². The van der Waals surface area contributed by atoms with Crippen molar-refractivity contribution in [3.05, 3.63) is 78.4 Å². The molecule has 0 fully saturated rings. The van der Waals surface area contributed by atoms with Gasteiger partial charge in [-0.05, 0) is 66.4 Å². The molecule has 0 aromatic heterocycles. The molecule has 0 bridgehead atoms. The summed E-state index contributed by atoms with van der Waals surface area (Å²) in [4.78, 5) is 13.3. The summed E-state index contributed by atoms with van der Waals surface area (Å²) in [7, 11) is -3.93. The predicted octanol–water partition coefficient (Wildman–Crippen LogP) is 4.98. The number of nitrogens with zero attached hydrogens (tertiary/aromatic N) is 1. The van der Waals surface area contributed by atoms with Crippen molar-refractivity contribution in [2.45, 2.75) is 44.1 Å². The number of benzene rings is 3. The molecule has 35 heavy (non-hydrogen) atoms. The number of anilines is 2. The topological polar surface area (TPSA) is 84.9 Å². The molecule has 4 rings (SSSR count). The summed E-state index contributed by atoms with van der Waals surface area (Å²) in [6, 6.07) is 20.7. The third-order valence-electron chi connectivity index (χ3n) is 5.75. The SMILES string of the molecule is CCOc1ccc(NC(=O)[C@H]2CN(S(=O)(=O)c3ccccc3)c3cc(C(C)(C)C)ccc3O2)cc1. The minimum absolute atomic E-state index is 0.152. The molecule has 184 valence electrons. The Morgan fingerprint density at radius 3 is 2.37 bits per heavy atom. The molecule has 0 unspecified atom stereocenters. The number of nitrogens with one attached hydrogen (secondary N) is 1. The second-order valence-corrected chi connectivity index (χ2v) is 11.2. The standard InChI is InChI=1S/C27H30N2O5S/c1-5-33-21-14-12-20(13-15-21)28-26(30)25-18-29(35(31,32)22-9-7-6-8-10-22)23-17-19(27(2,3)4)11-16-24(23)34-25/h6-17,25H,5,18H2,1-4H3,(H,28,30)/t25-/m1/s1. The highest BCUT2D eigenvalue weighted by Gasteiger charge is 2.38. The first-order valence-electron chi connectivity index (χ1n) is 11.5. The van der Waals surface area contributed by atoms with Gasteiger partial charge in [0.1, 0.15) is 11.5 Å². The molecular weight excluding hydrogens is 464 g/mol. The van der Waals surface area contributed by atoms with Gasteiger partial charge in [0.2, 0.25) is 0 Å². The molecule has 0 saturated carbocycles. The van der Waals surface area contributed by atoms with Crippen LogP contribution in [0.15, 0.2) is 77.7 Å². The summed E-state index contributed by atoms with van der Waals surface area (Å²) in [5, 5.41) is 2.82. The average Bonchev–Trinajstić information content (AvgIpc) is 2.84. The number of hydrogen-bond acceptors (Lipinski definition) is 5. The molecule has 1 amide bonds. The Morgan fingerprint density at radius 1 is 1.06 bits per heavy atom. The maximum atomic E-state index is 13.7. The fourth-order valence-corrected chi connectivity index (χ4v) is 5.31. The van der Waals surface area contributed by atoms with Gasteiger partial charge in [-0.15, -0.1) is 0 Å². The summed E-state index contributed by atoms with van der Waals surface area (Å²) < 4.78 is 40.1. The first-order chi connectivity index (χ1) is 16.6. The molecule has 1 heterocycles. The quantitative estimate of drug-likeness (QED) is 0.523. The first kappa shape index (κ1) is 24.6. The predicted molar refractivity (Wildman–Crippen MR) is 137 cm³/mol. The lowest BCUT2D eigenvalue weighted by atomic mass is 9.86. The third kappa shape index (κ3) is 5.27. The van der Waals surface area contributed by atoms with E-state index in [0.717, 1.165) is 5.56 Å². The molecule has 3 aromatic carbocycles. The molecule has 7 nitrogen and oxygen atoms in total. The lowest BCUT2D eigenvalue weighted by Crippen LogP contribution is -2.49. The van der Waals surface area contributed by atoms with Crippen LogP contribution in [0.25, 0.3) is 0 Å². The van der Waals surface area contributed by atoms with Crippen molar-refractivity contribution in [1.29, 1.82) is 0 Å². The van der Waals surface area contributed by atoms with Crippen LogP contribution < -0.4 is 19.1 Å². The van der Waals surface area contributed by atoms with Crippen molar-refractivity contribution >= 4 is 27.3 Å². The number of fused-ring (bicyclic) bond motifs is 1. The van der Waals surface area contributed by atoms with E-state index in [0.29, 0.717) is 29.5 Å². The number of ether oxygens (including phenoxy) is 2. The summed E-state index contributed by atoms with van der Waals surface area (Å²) in [5.41, 5.74) is 1.75. The molecule has 0 saturated heterocycles. The number of carbonyl (C=O) groups excluding carboxylic acids is 1. The number of hydrogen-bond donors (Lipinski definition) is 1. The molecule has 1 N–H and O–H groups in total. The molecule has 0 spiro atoms. The van der Waals surface area contributed by atoms with Crippen molar-refractivity contribution < 1.29 is 22.7 Å². The van der Waals surface area contributed by atoms with Crippen molar-refractivity contribution in [3.8, 4) is 11.5 Å². The number of sulfonamides is 1. The van der Waals surface area contributed by atoms with E-state index in [1.807, 2.05) is 19.1 Å². The third-order valence-corrected chi connectivity index (χ3v) is 7.54. The Labute approximate surface area is 206 Å². The van der Waals surface area contributed by atoms with Crippen LogP contribution in [0.4, 0.5) is 11.4 Å². The molecule has 0 aliphatic carbocycles. The first-order valence-corrected chi connectivity index (χ1v) is 13.0. The molecule has 0 radical (unpaired) electrons. The largest absolute Gasteiger partial charge is 0.494 e. The molecule has 1 aliphatic heterocycles. The number of carbonyl (C=O) groups is 1. The molecular formula is C27H30N2O5S. The zero-order valence-corrected chi connectivity index (χ0v) is 21.1. The molecule has 1 atom stereocenters. The minimum Gasteiger partial charge on any atom is -0.494 e. The van der Waals surface area contributed by atoms with E-state index >= 15 is 0 Å². The van der Waals surface area contributed by atoms with Gasteiger partial charge in [0.05, 0.1) is 23.7 Å². The highest BCUT2D eigenvalue weighted by atomic mass is 32.2. The number of rotatable bonds is 6. The highest BCUT2D eigenvalue weighted by molar-refractivity contribution is 7.92. The van der Waals surface area contributed by atoms with Gasteiger partial charge >= 0.3 is 0 Å². The van der Waals surface area contributed by atoms with Crippen LogP contribution in [0.1, 0.15) is 33.3 Å². The van der Waals surface area contributed by atoms with Crippen molar-refractivity contribution in [3.63, 3.8) is 0 Å². The molecule has 1 aliphatic rings. The van der Waals surface area contributed by atoms with Gasteiger partial charge in [0.15, 0.2) is 6.10 Å². The van der Waals surface area contributed by atoms with E-state index in [2.05, 4.69) is 26.1 Å². The van der Waals surface area contributed by atoms with Gasteiger partial charge in [0.25, 0.3) is 15.9 Å². The lowest BCUT2D eigenvalue weighted by molar-refractivity contribution is -0.122. The van der Waals surface area contributed by atoms with Crippen LogP contribution in [-0.2, 0) is 20.2 Å². The minimum atomic E-state index is -3.93. The van der Waals surface area contributed by atoms with Gasteiger partial charge in [-0.25, -0.2) is 8.42 Å². The maximum Gasteiger partial charge on any atom is 0.267 e. The Morgan fingerprint density at radius 2 is 1.74 bits per heavy atom. The summed E-state index contributed by atoms with van der Waals surface area (Å²) in [5.74, 6) is 0.603. The van der Waals surface area contributed by atoms with Gasteiger partial charge in [-0.1, -0.05) is 45.0 Å². The zero-order chi connectivity index (χ0) is 25.2. The van der Waals surface area contributed by atoms with Crippen molar-refractivity contribution in [1.82, 2.24) is 0 Å². The summed E-state index contributed by atoms with van der Waals surface area (Å²) in [6.07, 6.45) is -1.03. The van der Waals surface area contributed by atoms with Gasteiger partial charge in [0, 0.05) is 5.69 Å². The van der Waals surface area contributed by atoms with E-state index in [4.69, 9.17) is 9.47 Å². The van der Waals surface area contributed by atoms with Crippen molar-refractivity contribution in [2.24, 2.45) is 0 Å². The van der Waals surface area contributed by atoms with E-state index in [1.165, 1.54) is 4.31 Å². The van der Waals surface area contributed by atoms with E-state index in [1.54, 1.807) is 60.7 Å². The van der Waals surface area contributed by atoms with Gasteiger partial charge in [-0.2, -0.15) is 0 Å². The smallest absolute Gasteiger partial charge is 0.267 e. The second-order valence-electron chi connectivity index (χ2n) is 9.33. The average molecular weight is 495 g/mol. The Bertz CT molecular complexity index is 1300. The van der Waals surface area contributed by atoms with Crippen LogP contribution >= 0.6 is 0 Å². The number of amides is 1. The van der Waals surface area contributed by atoms with Crippen LogP contribution in [0.2, 0.25) is 0 Å². The summed E-state index contributed by atoms with van der Waals surface area (Å²) in [6.45, 7) is 8.46. The van der Waals surface area contributed by atoms with Crippen LogP contribution in [0.5, 0.6) is 11.5 Å². The zero-order valence-electron chi connectivity index (χ0n) is 20.3. The van der Waals surface area contributed by atoms with E-state index in [9.17, 15) is 13.2 Å². The van der Waals surface area contributed by atoms with E-state index < -0.39 is 22.0 Å². The Balaban J connectivity index is 1.68. The fourth-order valence-electron chi connectivity index (χ4n) is 3.83. The maximum absolute atomic E-state index is 13.7. The highest BCUT2D eigenvalue weighted by Crippen LogP contribution is 2.40. The fraction of sp³-hybridized carbons (Fsp3) is 0.296. The Kier molecular flexibility index (Phi) is 6.76. The normalized spacial score (nSPS) is 15.7. The van der Waals surface area contributed by atoms with Gasteiger partial charge < -0.3 is 14.8 Å².